The second-order valence-electron chi connectivity index (χ2n) is 6.83. The number of amides is 1. The van der Waals surface area contributed by atoms with Crippen molar-refractivity contribution in [1.82, 2.24) is 29.6 Å². The van der Waals surface area contributed by atoms with Crippen molar-refractivity contribution in [1.29, 1.82) is 0 Å². The number of H-pyrrole nitrogens is 1. The van der Waals surface area contributed by atoms with E-state index in [9.17, 15) is 13.6 Å². The molecule has 1 atom stereocenters. The van der Waals surface area contributed by atoms with Gasteiger partial charge in [0.25, 0.3) is 5.91 Å². The van der Waals surface area contributed by atoms with Gasteiger partial charge in [-0.3, -0.25) is 4.79 Å². The van der Waals surface area contributed by atoms with E-state index in [0.717, 1.165) is 11.3 Å². The maximum Gasteiger partial charge on any atom is 0.333 e. The van der Waals surface area contributed by atoms with Crippen molar-refractivity contribution in [3.8, 4) is 0 Å². The molecule has 1 amide bonds. The summed E-state index contributed by atoms with van der Waals surface area (Å²) in [4.78, 5) is 26.7. The highest BCUT2D eigenvalue weighted by molar-refractivity contribution is 5.93. The van der Waals surface area contributed by atoms with Crippen molar-refractivity contribution in [2.75, 3.05) is 6.54 Å². The summed E-state index contributed by atoms with van der Waals surface area (Å²) >= 11 is 0. The maximum atomic E-state index is 13.3. The summed E-state index contributed by atoms with van der Waals surface area (Å²) in [6, 6.07) is 6.14. The number of fused-ring (bicyclic) bond motifs is 2. The van der Waals surface area contributed by atoms with Crippen molar-refractivity contribution in [2.24, 2.45) is 0 Å². The molecule has 0 fully saturated rings. The molecule has 4 aromatic rings. The minimum atomic E-state index is -2.92. The first-order valence-corrected chi connectivity index (χ1v) is 9.05. The number of rotatable bonds is 3. The molecule has 0 spiro atoms. The van der Waals surface area contributed by atoms with E-state index in [1.807, 2.05) is 25.1 Å². The van der Waals surface area contributed by atoms with Crippen LogP contribution in [0.5, 0.6) is 0 Å². The third-order valence-electron chi connectivity index (χ3n) is 5.12. The number of oxazole rings is 1. The van der Waals surface area contributed by atoms with Crippen molar-refractivity contribution in [3.63, 3.8) is 0 Å². The van der Waals surface area contributed by atoms with Gasteiger partial charge in [0.2, 0.25) is 5.89 Å². The van der Waals surface area contributed by atoms with Crippen LogP contribution in [0.4, 0.5) is 8.78 Å². The SMILES string of the molecule is Cc1cccc2nc([C@@H]3c4nc[nH]c4CCN3C(=O)c3ccnn3C(F)F)oc12. The molecule has 0 unspecified atom stereocenters. The number of aromatic nitrogens is 5. The molecular weight excluding hydrogens is 382 g/mol. The van der Waals surface area contributed by atoms with Crippen LogP contribution < -0.4 is 0 Å². The molecule has 0 bridgehead atoms. The molecule has 29 heavy (non-hydrogen) atoms. The molecule has 0 saturated carbocycles. The molecule has 1 aliphatic heterocycles. The van der Waals surface area contributed by atoms with Crippen molar-refractivity contribution in [3.05, 3.63) is 65.3 Å². The van der Waals surface area contributed by atoms with Crippen LogP contribution in [0.2, 0.25) is 0 Å². The number of nitrogens with zero attached hydrogens (tertiary/aromatic N) is 5. The number of aromatic amines is 1. The first-order valence-electron chi connectivity index (χ1n) is 9.05. The topological polar surface area (TPSA) is 92.8 Å². The number of carbonyl (C=O) groups is 1. The summed E-state index contributed by atoms with van der Waals surface area (Å²) in [5.41, 5.74) is 3.45. The van der Waals surface area contributed by atoms with Gasteiger partial charge in [0.05, 0.1) is 12.0 Å². The summed E-state index contributed by atoms with van der Waals surface area (Å²) in [6.07, 6.45) is 3.24. The van der Waals surface area contributed by atoms with Gasteiger partial charge in [0.1, 0.15) is 11.2 Å². The monoisotopic (exact) mass is 398 g/mol. The van der Waals surface area contributed by atoms with Gasteiger partial charge >= 0.3 is 6.55 Å². The summed E-state index contributed by atoms with van der Waals surface area (Å²) < 4.78 is 32.9. The molecule has 8 nitrogen and oxygen atoms in total. The predicted octanol–water partition coefficient (Wildman–Crippen LogP) is 3.24. The molecule has 1 aliphatic rings. The van der Waals surface area contributed by atoms with Crippen LogP contribution in [0.1, 0.15) is 45.9 Å². The Morgan fingerprint density at radius 3 is 3.00 bits per heavy atom. The molecule has 1 aromatic carbocycles. The molecule has 1 N–H and O–H groups in total. The van der Waals surface area contributed by atoms with Crippen molar-refractivity contribution < 1.29 is 18.0 Å². The second kappa shape index (κ2) is 6.50. The van der Waals surface area contributed by atoms with E-state index < -0.39 is 18.5 Å². The van der Waals surface area contributed by atoms with Gasteiger partial charge < -0.3 is 14.3 Å². The zero-order valence-electron chi connectivity index (χ0n) is 15.3. The smallest absolute Gasteiger partial charge is 0.333 e. The van der Waals surface area contributed by atoms with Crippen LogP contribution in [0.3, 0.4) is 0 Å². The minimum Gasteiger partial charge on any atom is -0.438 e. The van der Waals surface area contributed by atoms with Gasteiger partial charge in [-0.2, -0.15) is 18.6 Å². The number of halogens is 2. The number of carbonyl (C=O) groups excluding carboxylic acids is 1. The number of alkyl halides is 2. The second-order valence-corrected chi connectivity index (χ2v) is 6.83. The highest BCUT2D eigenvalue weighted by Gasteiger charge is 2.39. The minimum absolute atomic E-state index is 0.198. The number of hydrogen-bond acceptors (Lipinski definition) is 5. The van der Waals surface area contributed by atoms with E-state index in [2.05, 4.69) is 20.1 Å². The largest absolute Gasteiger partial charge is 0.438 e. The Morgan fingerprint density at radius 1 is 1.34 bits per heavy atom. The fourth-order valence-corrected chi connectivity index (χ4v) is 3.75. The zero-order chi connectivity index (χ0) is 20.1. The van der Waals surface area contributed by atoms with E-state index in [1.165, 1.54) is 17.2 Å². The lowest BCUT2D eigenvalue weighted by molar-refractivity contribution is 0.0435. The van der Waals surface area contributed by atoms with E-state index in [0.29, 0.717) is 40.3 Å². The molecule has 5 rings (SSSR count). The lowest BCUT2D eigenvalue weighted by Crippen LogP contribution is -2.41. The maximum absolute atomic E-state index is 13.3. The van der Waals surface area contributed by atoms with E-state index in [-0.39, 0.29) is 5.69 Å². The van der Waals surface area contributed by atoms with Crippen LogP contribution in [-0.2, 0) is 6.42 Å². The van der Waals surface area contributed by atoms with Gasteiger partial charge in [0, 0.05) is 24.9 Å². The number of aryl methyl sites for hydroxylation is 1. The fourth-order valence-electron chi connectivity index (χ4n) is 3.75. The normalized spacial score (nSPS) is 16.6. The van der Waals surface area contributed by atoms with Crippen molar-refractivity contribution in [2.45, 2.75) is 25.9 Å². The fraction of sp³-hybridized carbons (Fsp3) is 0.263. The van der Waals surface area contributed by atoms with E-state index in [4.69, 9.17) is 4.42 Å². The Bertz CT molecular complexity index is 1210. The zero-order valence-corrected chi connectivity index (χ0v) is 15.3. The Morgan fingerprint density at radius 2 is 2.21 bits per heavy atom. The molecule has 0 radical (unpaired) electrons. The molecule has 148 valence electrons. The van der Waals surface area contributed by atoms with E-state index >= 15 is 0 Å². The number of imidazole rings is 1. The van der Waals surface area contributed by atoms with Crippen LogP contribution in [0.15, 0.2) is 41.2 Å². The predicted molar refractivity (Wildman–Crippen MR) is 97.4 cm³/mol. The summed E-state index contributed by atoms with van der Waals surface area (Å²) in [6.45, 7) is -0.715. The Balaban J connectivity index is 1.63. The highest BCUT2D eigenvalue weighted by Crippen LogP contribution is 2.36. The summed E-state index contributed by atoms with van der Waals surface area (Å²) in [7, 11) is 0. The van der Waals surface area contributed by atoms with Gasteiger partial charge in [-0.15, -0.1) is 0 Å². The molecule has 10 heteroatoms. The number of nitrogens with one attached hydrogen (secondary N) is 1. The lowest BCUT2D eigenvalue weighted by Gasteiger charge is -2.33. The molecule has 0 saturated heterocycles. The highest BCUT2D eigenvalue weighted by atomic mass is 19.3. The third-order valence-corrected chi connectivity index (χ3v) is 5.12. The Hall–Kier alpha value is -3.56. The van der Waals surface area contributed by atoms with Gasteiger partial charge in [-0.25, -0.2) is 9.97 Å². The van der Waals surface area contributed by atoms with Crippen LogP contribution >= 0.6 is 0 Å². The van der Waals surface area contributed by atoms with Gasteiger partial charge in [-0.1, -0.05) is 12.1 Å². The first-order chi connectivity index (χ1) is 14.0. The van der Waals surface area contributed by atoms with Gasteiger partial charge in [0.15, 0.2) is 11.6 Å². The first kappa shape index (κ1) is 17.5. The quantitative estimate of drug-likeness (QED) is 0.572. The van der Waals surface area contributed by atoms with E-state index in [1.54, 1.807) is 6.33 Å². The lowest BCUT2D eigenvalue weighted by atomic mass is 10.0. The molecule has 4 heterocycles. The third kappa shape index (κ3) is 2.71. The summed E-state index contributed by atoms with van der Waals surface area (Å²) in [5, 5.41) is 3.57. The standard InChI is InChI=1S/C19H16F2N6O2/c1-10-3-2-4-12-16(10)29-17(25-12)15-14-11(22-9-23-14)6-8-26(15)18(28)13-5-7-24-27(13)19(20)21/h2-5,7,9,15,19H,6,8H2,1H3,(H,22,23)/t15-/m0/s1. The Kier molecular flexibility index (Phi) is 3.93. The molecular formula is C19H16F2N6O2. The van der Waals surface area contributed by atoms with Crippen LogP contribution in [0.25, 0.3) is 11.1 Å². The number of benzene rings is 1. The Labute approximate surface area is 163 Å². The van der Waals surface area contributed by atoms with Gasteiger partial charge in [-0.05, 0) is 24.6 Å². The van der Waals surface area contributed by atoms with Crippen LogP contribution in [0, 0.1) is 6.92 Å². The number of hydrogen-bond donors (Lipinski definition) is 1. The molecule has 0 aliphatic carbocycles. The number of para-hydroxylation sites is 1. The van der Waals surface area contributed by atoms with Crippen molar-refractivity contribution >= 4 is 17.0 Å². The van der Waals surface area contributed by atoms with Crippen LogP contribution in [-0.4, -0.2) is 42.1 Å². The molecule has 3 aromatic heterocycles. The summed E-state index contributed by atoms with van der Waals surface area (Å²) in [5.74, 6) is -0.292. The average Bonchev–Trinajstić information content (AvgIpc) is 3.44. The average molecular weight is 398 g/mol.